The average molecular weight is 427 g/mol. The minimum Gasteiger partial charge on any atom is -0.302 e. The van der Waals surface area contributed by atoms with Gasteiger partial charge in [0.2, 0.25) is 0 Å². The molecule has 0 bridgehead atoms. The molecule has 4 aromatic rings. The zero-order valence-corrected chi connectivity index (χ0v) is 18.7. The fourth-order valence-electron chi connectivity index (χ4n) is 5.77. The first-order valence-corrected chi connectivity index (χ1v) is 13.3. The van der Waals surface area contributed by atoms with Gasteiger partial charge in [-0.3, -0.25) is 4.57 Å². The molecule has 156 valence electrons. The van der Waals surface area contributed by atoms with Gasteiger partial charge in [-0.25, -0.2) is 0 Å². The van der Waals surface area contributed by atoms with Crippen LogP contribution < -0.4 is 9.34 Å². The van der Waals surface area contributed by atoms with Crippen molar-refractivity contribution < 1.29 is 4.57 Å². The van der Waals surface area contributed by atoms with Gasteiger partial charge in [-0.2, -0.15) is 0 Å². The van der Waals surface area contributed by atoms with E-state index in [2.05, 4.69) is 94.3 Å². The molecule has 2 atom stereocenters. The molecule has 0 spiro atoms. The number of rotatable bonds is 2. The molecule has 0 aromatic heterocycles. The van der Waals surface area contributed by atoms with Crippen molar-refractivity contribution in [1.82, 2.24) is 0 Å². The second-order valence-corrected chi connectivity index (χ2v) is 11.5. The van der Waals surface area contributed by atoms with Gasteiger partial charge in [-0.15, -0.1) is 0 Å². The molecule has 1 heterocycles. The molecular formula is C27H27N2OP. The zero-order chi connectivity index (χ0) is 21.0. The van der Waals surface area contributed by atoms with Gasteiger partial charge in [0.15, 0.2) is 0 Å². The van der Waals surface area contributed by atoms with Crippen LogP contribution in [0.3, 0.4) is 0 Å². The van der Waals surface area contributed by atoms with E-state index in [1.54, 1.807) is 0 Å². The molecule has 1 aliphatic carbocycles. The van der Waals surface area contributed by atoms with Crippen LogP contribution in [-0.2, 0) is 4.57 Å². The standard InChI is InChI=1S/C27H27N2OP/c1-31(30)28(24-16-14-20-8-2-4-10-22(20)18-24)26-12-6-7-13-27(26)29(31)25-17-15-21-9-3-5-11-23(21)19-25/h2-5,8-11,14-19,26-27H,6-7,12-13H2,1H3/t26-,27-/m1/s1. The molecule has 3 nitrogen and oxygen atoms in total. The van der Waals surface area contributed by atoms with E-state index in [4.69, 9.17) is 0 Å². The van der Waals surface area contributed by atoms with Crippen LogP contribution in [0.25, 0.3) is 21.5 Å². The van der Waals surface area contributed by atoms with E-state index in [1.165, 1.54) is 34.4 Å². The lowest BCUT2D eigenvalue weighted by atomic mass is 9.89. The van der Waals surface area contributed by atoms with Crippen LogP contribution in [0.4, 0.5) is 11.4 Å². The normalized spacial score (nSPS) is 22.7. The van der Waals surface area contributed by atoms with E-state index >= 15 is 0 Å². The van der Waals surface area contributed by atoms with Gasteiger partial charge in [-0.05, 0) is 58.7 Å². The van der Waals surface area contributed by atoms with Crippen molar-refractivity contribution in [2.75, 3.05) is 16.0 Å². The molecule has 4 heteroatoms. The molecule has 1 saturated heterocycles. The SMILES string of the molecule is CP1(=O)N(c2ccc3ccccc3c2)[C@@H]2CCCC[C@H]2N1c1ccc2ccccc2c1. The molecule has 6 rings (SSSR count). The van der Waals surface area contributed by atoms with Gasteiger partial charge in [0.05, 0.1) is 12.1 Å². The van der Waals surface area contributed by atoms with Crippen LogP contribution >= 0.6 is 7.44 Å². The highest BCUT2D eigenvalue weighted by atomic mass is 31.2. The Balaban J connectivity index is 1.49. The highest BCUT2D eigenvalue weighted by molar-refractivity contribution is 7.67. The summed E-state index contributed by atoms with van der Waals surface area (Å²) < 4.78 is 19.1. The quantitative estimate of drug-likeness (QED) is 0.311. The fourth-order valence-corrected chi connectivity index (χ4v) is 8.72. The molecule has 2 aliphatic rings. The Bertz CT molecular complexity index is 1230. The first kappa shape index (κ1) is 19.0. The van der Waals surface area contributed by atoms with Crippen molar-refractivity contribution in [3.05, 3.63) is 84.9 Å². The summed E-state index contributed by atoms with van der Waals surface area (Å²) in [5, 5.41) is 4.86. The zero-order valence-electron chi connectivity index (χ0n) is 17.8. The molecule has 4 aromatic carbocycles. The first-order valence-electron chi connectivity index (χ1n) is 11.3. The van der Waals surface area contributed by atoms with E-state index < -0.39 is 7.44 Å². The summed E-state index contributed by atoms with van der Waals surface area (Å²) in [7, 11) is -2.80. The van der Waals surface area contributed by atoms with Gasteiger partial charge >= 0.3 is 0 Å². The van der Waals surface area contributed by atoms with Crippen LogP contribution in [0.2, 0.25) is 0 Å². The van der Waals surface area contributed by atoms with E-state index in [1.807, 2.05) is 6.66 Å². The van der Waals surface area contributed by atoms with Crippen LogP contribution in [0.15, 0.2) is 84.9 Å². The minimum absolute atomic E-state index is 0.289. The molecule has 31 heavy (non-hydrogen) atoms. The number of nitrogens with zero attached hydrogens (tertiary/aromatic N) is 2. The molecular weight excluding hydrogens is 399 g/mol. The molecule has 2 fully saturated rings. The van der Waals surface area contributed by atoms with Gasteiger partial charge in [0.1, 0.15) is 0 Å². The number of anilines is 2. The van der Waals surface area contributed by atoms with Crippen LogP contribution in [0.1, 0.15) is 25.7 Å². The Labute approximate surface area is 183 Å². The Morgan fingerprint density at radius 2 is 1.06 bits per heavy atom. The number of hydrogen-bond donors (Lipinski definition) is 0. The number of benzene rings is 4. The van der Waals surface area contributed by atoms with Crippen LogP contribution in [-0.4, -0.2) is 18.7 Å². The third kappa shape index (κ3) is 2.98. The van der Waals surface area contributed by atoms with Crippen molar-refractivity contribution in [2.24, 2.45) is 0 Å². The molecule has 0 amide bonds. The molecule has 0 N–H and O–H groups in total. The van der Waals surface area contributed by atoms with Gasteiger partial charge in [0.25, 0.3) is 7.44 Å². The van der Waals surface area contributed by atoms with Gasteiger partial charge < -0.3 is 9.34 Å². The fraction of sp³-hybridized carbons (Fsp3) is 0.259. The lowest BCUT2D eigenvalue weighted by molar-refractivity contribution is 0.409. The minimum atomic E-state index is -2.80. The summed E-state index contributed by atoms with van der Waals surface area (Å²) in [5.74, 6) is 0. The summed E-state index contributed by atoms with van der Waals surface area (Å²) in [6.07, 6.45) is 4.60. The van der Waals surface area contributed by atoms with E-state index in [-0.39, 0.29) is 12.1 Å². The Morgan fingerprint density at radius 1 is 0.645 bits per heavy atom. The maximum atomic E-state index is 14.6. The smallest absolute Gasteiger partial charge is 0.260 e. The molecule has 1 saturated carbocycles. The predicted molar refractivity (Wildman–Crippen MR) is 132 cm³/mol. The molecule has 1 aliphatic heterocycles. The lowest BCUT2D eigenvalue weighted by Crippen LogP contribution is -2.40. The second kappa shape index (κ2) is 7.14. The summed E-state index contributed by atoms with van der Waals surface area (Å²) in [6.45, 7) is 1.97. The third-order valence-electron chi connectivity index (χ3n) is 7.12. The van der Waals surface area contributed by atoms with Crippen molar-refractivity contribution in [3.8, 4) is 0 Å². The topological polar surface area (TPSA) is 23.6 Å². The highest BCUT2D eigenvalue weighted by Gasteiger charge is 2.52. The maximum absolute atomic E-state index is 14.6. The summed E-state index contributed by atoms with van der Waals surface area (Å²) in [5.41, 5.74) is 2.18. The maximum Gasteiger partial charge on any atom is 0.260 e. The van der Waals surface area contributed by atoms with E-state index in [9.17, 15) is 4.57 Å². The average Bonchev–Trinajstić information content (AvgIpc) is 3.04. The highest BCUT2D eigenvalue weighted by Crippen LogP contribution is 2.64. The molecule has 0 radical (unpaired) electrons. The Kier molecular flexibility index (Phi) is 4.36. The Hall–Kier alpha value is -2.77. The van der Waals surface area contributed by atoms with Crippen molar-refractivity contribution >= 4 is 40.4 Å². The van der Waals surface area contributed by atoms with Crippen molar-refractivity contribution in [1.29, 1.82) is 0 Å². The lowest BCUT2D eigenvalue weighted by Gasteiger charge is -2.32. The summed E-state index contributed by atoms with van der Waals surface area (Å²) in [6, 6.07) is 30.5. The monoisotopic (exact) mass is 426 g/mol. The van der Waals surface area contributed by atoms with E-state index in [0.29, 0.717) is 0 Å². The third-order valence-corrected chi connectivity index (χ3v) is 9.77. The van der Waals surface area contributed by atoms with E-state index in [0.717, 1.165) is 24.2 Å². The molecule has 0 unspecified atom stereocenters. The van der Waals surface area contributed by atoms with Crippen molar-refractivity contribution in [3.63, 3.8) is 0 Å². The van der Waals surface area contributed by atoms with Gasteiger partial charge in [-0.1, -0.05) is 73.5 Å². The van der Waals surface area contributed by atoms with Crippen LogP contribution in [0.5, 0.6) is 0 Å². The number of hydrogen-bond acceptors (Lipinski definition) is 1. The Morgan fingerprint density at radius 3 is 1.52 bits per heavy atom. The largest absolute Gasteiger partial charge is 0.302 e. The summed E-state index contributed by atoms with van der Waals surface area (Å²) in [4.78, 5) is 0. The van der Waals surface area contributed by atoms with Crippen LogP contribution in [0, 0.1) is 0 Å². The van der Waals surface area contributed by atoms with Crippen molar-refractivity contribution in [2.45, 2.75) is 37.8 Å². The predicted octanol–water partition coefficient (Wildman–Crippen LogP) is 7.45. The first-order chi connectivity index (χ1) is 15.1. The van der Waals surface area contributed by atoms with Gasteiger partial charge in [0, 0.05) is 18.0 Å². The number of fused-ring (bicyclic) bond motifs is 3. The summed E-state index contributed by atoms with van der Waals surface area (Å²) >= 11 is 0. The second-order valence-electron chi connectivity index (χ2n) is 9.01.